The van der Waals surface area contributed by atoms with Crippen molar-refractivity contribution in [2.75, 3.05) is 7.05 Å². The minimum absolute atomic E-state index is 0.0980. The van der Waals surface area contributed by atoms with Gasteiger partial charge >= 0.3 is 0 Å². The van der Waals surface area contributed by atoms with Crippen LogP contribution < -0.4 is 5.32 Å². The van der Waals surface area contributed by atoms with Gasteiger partial charge in [0.2, 0.25) is 5.91 Å². The molecule has 1 aliphatic rings. The van der Waals surface area contributed by atoms with E-state index in [0.29, 0.717) is 0 Å². The van der Waals surface area contributed by atoms with E-state index >= 15 is 0 Å². The number of nitrogens with one attached hydrogen (secondary N) is 1. The molecule has 0 unspecified atom stereocenters. The standard InChI is InChI=1S/C13H15Cl2NO/c1-7-4-8(2)6-9(5-7)10-11(12(17)16-3)13(10,14)15/h4-6,10-11H,1-3H3,(H,16,17)/t10-,11+/m0/s1. The summed E-state index contributed by atoms with van der Waals surface area (Å²) in [7, 11) is 1.60. The topological polar surface area (TPSA) is 29.1 Å². The lowest BCUT2D eigenvalue weighted by Gasteiger charge is -2.04. The fraction of sp³-hybridized carbons (Fsp3) is 0.462. The molecule has 0 aromatic heterocycles. The molecule has 17 heavy (non-hydrogen) atoms. The van der Waals surface area contributed by atoms with Crippen molar-refractivity contribution < 1.29 is 4.79 Å². The highest BCUT2D eigenvalue weighted by Gasteiger charge is 2.67. The quantitative estimate of drug-likeness (QED) is 0.824. The van der Waals surface area contributed by atoms with E-state index in [2.05, 4.69) is 11.4 Å². The van der Waals surface area contributed by atoms with Gasteiger partial charge in [0.15, 0.2) is 0 Å². The van der Waals surface area contributed by atoms with Crippen molar-refractivity contribution in [2.45, 2.75) is 24.1 Å². The Hall–Kier alpha value is -0.730. The van der Waals surface area contributed by atoms with E-state index in [-0.39, 0.29) is 17.7 Å². The molecule has 92 valence electrons. The van der Waals surface area contributed by atoms with E-state index in [0.717, 1.165) is 16.7 Å². The first kappa shape index (κ1) is 12.7. The number of benzene rings is 1. The average Bonchev–Trinajstić information content (AvgIpc) is 2.79. The van der Waals surface area contributed by atoms with Crippen LogP contribution in [0.3, 0.4) is 0 Å². The molecule has 2 nitrogen and oxygen atoms in total. The molecule has 1 aliphatic carbocycles. The molecule has 0 spiro atoms. The second-order valence-electron chi connectivity index (χ2n) is 4.67. The van der Waals surface area contributed by atoms with Gasteiger partial charge < -0.3 is 5.32 Å². The smallest absolute Gasteiger partial charge is 0.226 e. The molecule has 1 fully saturated rings. The van der Waals surface area contributed by atoms with Crippen molar-refractivity contribution in [1.82, 2.24) is 5.32 Å². The number of aryl methyl sites for hydroxylation is 2. The maximum Gasteiger partial charge on any atom is 0.226 e. The van der Waals surface area contributed by atoms with E-state index in [9.17, 15) is 4.79 Å². The number of hydrogen-bond donors (Lipinski definition) is 1. The number of hydrogen-bond acceptors (Lipinski definition) is 1. The fourth-order valence-corrected chi connectivity index (χ4v) is 3.24. The molecular weight excluding hydrogens is 257 g/mol. The molecule has 0 bridgehead atoms. The molecule has 1 amide bonds. The molecule has 0 saturated heterocycles. The largest absolute Gasteiger partial charge is 0.359 e. The number of carbonyl (C=O) groups excluding carboxylic acids is 1. The van der Waals surface area contributed by atoms with Gasteiger partial charge in [-0.2, -0.15) is 0 Å². The minimum Gasteiger partial charge on any atom is -0.359 e. The van der Waals surface area contributed by atoms with Crippen molar-refractivity contribution >= 4 is 29.1 Å². The maximum atomic E-state index is 11.7. The highest BCUT2D eigenvalue weighted by atomic mass is 35.5. The van der Waals surface area contributed by atoms with E-state index in [1.807, 2.05) is 26.0 Å². The van der Waals surface area contributed by atoms with Gasteiger partial charge in [0.1, 0.15) is 4.33 Å². The first-order valence-electron chi connectivity index (χ1n) is 5.55. The van der Waals surface area contributed by atoms with Crippen molar-refractivity contribution in [3.05, 3.63) is 34.9 Å². The Morgan fingerprint density at radius 2 is 1.76 bits per heavy atom. The SMILES string of the molecule is CNC(=O)[C@H]1[C@H](c2cc(C)cc(C)c2)C1(Cl)Cl. The van der Waals surface area contributed by atoms with Crippen LogP contribution in [-0.4, -0.2) is 17.3 Å². The molecule has 2 atom stereocenters. The molecular formula is C13H15Cl2NO. The summed E-state index contributed by atoms with van der Waals surface area (Å²) in [6.45, 7) is 4.05. The van der Waals surface area contributed by atoms with Crippen LogP contribution in [-0.2, 0) is 4.79 Å². The summed E-state index contributed by atoms with van der Waals surface area (Å²) in [4.78, 5) is 11.7. The number of amides is 1. The van der Waals surface area contributed by atoms with E-state index < -0.39 is 4.33 Å². The highest BCUT2D eigenvalue weighted by molar-refractivity contribution is 6.53. The molecule has 1 saturated carbocycles. The maximum absolute atomic E-state index is 11.7. The number of alkyl halides is 2. The van der Waals surface area contributed by atoms with Gasteiger partial charge in [-0.3, -0.25) is 4.79 Å². The van der Waals surface area contributed by atoms with Gasteiger partial charge in [-0.1, -0.05) is 29.3 Å². The second kappa shape index (κ2) is 4.18. The first-order chi connectivity index (χ1) is 7.87. The molecule has 1 N–H and O–H groups in total. The predicted octanol–water partition coefficient (Wildman–Crippen LogP) is 2.94. The zero-order valence-corrected chi connectivity index (χ0v) is 11.6. The van der Waals surface area contributed by atoms with Crippen LogP contribution in [0.2, 0.25) is 0 Å². The van der Waals surface area contributed by atoms with Crippen LogP contribution in [0.5, 0.6) is 0 Å². The zero-order chi connectivity index (χ0) is 12.8. The molecule has 0 heterocycles. The zero-order valence-electron chi connectivity index (χ0n) is 10.1. The summed E-state index contributed by atoms with van der Waals surface area (Å²) in [6.07, 6.45) is 0. The van der Waals surface area contributed by atoms with Crippen molar-refractivity contribution in [1.29, 1.82) is 0 Å². The minimum atomic E-state index is -0.972. The Morgan fingerprint density at radius 1 is 1.24 bits per heavy atom. The lowest BCUT2D eigenvalue weighted by Crippen LogP contribution is -2.22. The first-order valence-corrected chi connectivity index (χ1v) is 6.31. The summed E-state index contributed by atoms with van der Waals surface area (Å²) in [5, 5.41) is 2.60. The van der Waals surface area contributed by atoms with Gasteiger partial charge in [-0.15, -0.1) is 23.2 Å². The third-order valence-corrected chi connectivity index (χ3v) is 4.13. The van der Waals surface area contributed by atoms with Crippen LogP contribution in [0.4, 0.5) is 0 Å². The average molecular weight is 272 g/mol. The highest BCUT2D eigenvalue weighted by Crippen LogP contribution is 2.65. The van der Waals surface area contributed by atoms with Crippen LogP contribution in [0.15, 0.2) is 18.2 Å². The summed E-state index contributed by atoms with van der Waals surface area (Å²) < 4.78 is -0.972. The summed E-state index contributed by atoms with van der Waals surface area (Å²) in [5.41, 5.74) is 3.36. The van der Waals surface area contributed by atoms with E-state index in [1.165, 1.54) is 0 Å². The Kier molecular flexibility index (Phi) is 3.13. The summed E-state index contributed by atoms with van der Waals surface area (Å²) in [5.74, 6) is -0.555. The molecule has 0 aliphatic heterocycles. The van der Waals surface area contributed by atoms with Crippen LogP contribution in [0, 0.1) is 19.8 Å². The molecule has 2 rings (SSSR count). The summed E-state index contributed by atoms with van der Waals surface area (Å²) >= 11 is 12.4. The lowest BCUT2D eigenvalue weighted by atomic mass is 10.0. The van der Waals surface area contributed by atoms with E-state index in [4.69, 9.17) is 23.2 Å². The van der Waals surface area contributed by atoms with Gasteiger partial charge in [0.05, 0.1) is 5.92 Å². The monoisotopic (exact) mass is 271 g/mol. The van der Waals surface area contributed by atoms with Crippen molar-refractivity contribution in [3.8, 4) is 0 Å². The molecule has 4 heteroatoms. The van der Waals surface area contributed by atoms with Crippen LogP contribution in [0.25, 0.3) is 0 Å². The Morgan fingerprint density at radius 3 is 2.24 bits per heavy atom. The Bertz CT molecular complexity index is 450. The van der Waals surface area contributed by atoms with Gasteiger partial charge in [0.25, 0.3) is 0 Å². The van der Waals surface area contributed by atoms with Crippen molar-refractivity contribution in [3.63, 3.8) is 0 Å². The fourth-order valence-electron chi connectivity index (χ4n) is 2.41. The van der Waals surface area contributed by atoms with Crippen LogP contribution >= 0.6 is 23.2 Å². The van der Waals surface area contributed by atoms with Crippen LogP contribution in [0.1, 0.15) is 22.6 Å². The third-order valence-electron chi connectivity index (χ3n) is 3.19. The second-order valence-corrected chi connectivity index (χ2v) is 6.11. The molecule has 1 aromatic rings. The van der Waals surface area contributed by atoms with Gasteiger partial charge in [0, 0.05) is 13.0 Å². The van der Waals surface area contributed by atoms with Gasteiger partial charge in [-0.25, -0.2) is 0 Å². The number of rotatable bonds is 2. The van der Waals surface area contributed by atoms with Crippen molar-refractivity contribution in [2.24, 2.45) is 5.92 Å². The summed E-state index contributed by atoms with van der Waals surface area (Å²) in [6, 6.07) is 6.17. The van der Waals surface area contributed by atoms with Gasteiger partial charge in [-0.05, 0) is 19.4 Å². The molecule has 0 radical (unpaired) electrons. The number of halogens is 2. The number of carbonyl (C=O) groups is 1. The third kappa shape index (κ3) is 2.16. The Labute approximate surface area is 111 Å². The normalized spacial score (nSPS) is 25.5. The predicted molar refractivity (Wildman–Crippen MR) is 70.7 cm³/mol. The van der Waals surface area contributed by atoms with E-state index in [1.54, 1.807) is 7.05 Å². The molecule has 1 aromatic carbocycles. The lowest BCUT2D eigenvalue weighted by molar-refractivity contribution is -0.121. The Balaban J connectivity index is 2.33.